The first-order valence-corrected chi connectivity index (χ1v) is 21.2. The van der Waals surface area contributed by atoms with Gasteiger partial charge in [-0.1, -0.05) is 26.8 Å². The maximum atomic E-state index is 14.9. The van der Waals surface area contributed by atoms with Gasteiger partial charge in [-0.15, -0.1) is 23.0 Å². The van der Waals surface area contributed by atoms with Crippen molar-refractivity contribution in [1.82, 2.24) is 45.2 Å². The highest BCUT2D eigenvalue weighted by Gasteiger charge is 2.62. The molecule has 2 saturated carbocycles. The Morgan fingerprint density at radius 1 is 1.11 bits per heavy atom. The summed E-state index contributed by atoms with van der Waals surface area (Å²) >= 11 is 1.39. The Bertz CT molecular complexity index is 2330. The molecule has 0 unspecified atom stereocenters. The minimum atomic E-state index is -3.92. The first-order chi connectivity index (χ1) is 26.9. The van der Waals surface area contributed by atoms with Crippen LogP contribution in [0.15, 0.2) is 54.6 Å². The lowest BCUT2D eigenvalue weighted by Crippen LogP contribution is -2.60. The number of rotatable bonds is 13. The molecule has 0 bridgehead atoms. The van der Waals surface area contributed by atoms with Crippen LogP contribution in [0.1, 0.15) is 74.2 Å². The second-order valence-corrected chi connectivity index (χ2v) is 19.0. The standard InChI is InChI=1S/C39H47N9O7S2/c1-8-24-19-39(24,37(52)46-57(53,54)27-13-14-27)43-34(50)29-18-25(20-47(29)36(51)32(38(4,5)6)42-33(49)28-17-21(2)41-22(28)3)48-44-30(23-9-11-26(55-7)12-10-23)31(45-48)35-40-15-16-56-35/h8-12,15-17,24-25,27,29,32,41H,1,13-14,18-20H2,2-7H3,(H,42,49)(H,43,50)(H,46,52)/t24-,25-,29+,32-,39+/m1/s1. The molecule has 4 aromatic rings. The van der Waals surface area contributed by atoms with E-state index >= 15 is 0 Å². The third kappa shape index (κ3) is 7.84. The van der Waals surface area contributed by atoms with Gasteiger partial charge in [-0.05, 0) is 68.9 Å². The molecule has 57 heavy (non-hydrogen) atoms. The van der Waals surface area contributed by atoms with Crippen LogP contribution < -0.4 is 20.1 Å². The number of H-pyrrole nitrogens is 1. The number of nitrogens with zero attached hydrogens (tertiary/aromatic N) is 5. The van der Waals surface area contributed by atoms with E-state index in [0.717, 1.165) is 11.3 Å². The molecule has 1 saturated heterocycles. The fourth-order valence-corrected chi connectivity index (χ4v) is 9.37. The minimum absolute atomic E-state index is 0.0180. The Balaban J connectivity index is 1.24. The topological polar surface area (TPSA) is 210 Å². The van der Waals surface area contributed by atoms with Gasteiger partial charge >= 0.3 is 0 Å². The Morgan fingerprint density at radius 2 is 1.81 bits per heavy atom. The fraction of sp³-hybridized carbons (Fsp3) is 0.462. The van der Waals surface area contributed by atoms with Crippen LogP contribution in [0, 0.1) is 25.2 Å². The molecule has 302 valence electrons. The first kappa shape index (κ1) is 39.9. The Hall–Kier alpha value is -5.36. The number of benzene rings is 1. The van der Waals surface area contributed by atoms with E-state index in [-0.39, 0.29) is 19.4 Å². The number of carbonyl (C=O) groups excluding carboxylic acids is 4. The molecule has 5 atom stereocenters. The van der Waals surface area contributed by atoms with Crippen LogP contribution >= 0.6 is 11.3 Å². The van der Waals surface area contributed by atoms with Gasteiger partial charge in [-0.2, -0.15) is 9.90 Å². The van der Waals surface area contributed by atoms with E-state index in [0.29, 0.717) is 46.2 Å². The molecular weight excluding hydrogens is 771 g/mol. The van der Waals surface area contributed by atoms with Gasteiger partial charge in [0, 0.05) is 47.4 Å². The third-order valence-corrected chi connectivity index (χ3v) is 13.4. The van der Waals surface area contributed by atoms with E-state index in [9.17, 15) is 27.6 Å². The van der Waals surface area contributed by atoms with Crippen molar-refractivity contribution >= 4 is 45.0 Å². The normalized spacial score (nSPS) is 22.4. The highest BCUT2D eigenvalue weighted by molar-refractivity contribution is 7.91. The number of carbonyl (C=O) groups is 4. The number of thiazole rings is 1. The van der Waals surface area contributed by atoms with Gasteiger partial charge in [0.15, 0.2) is 0 Å². The van der Waals surface area contributed by atoms with Crippen molar-refractivity contribution in [3.05, 3.63) is 71.5 Å². The summed E-state index contributed by atoms with van der Waals surface area (Å²) in [7, 11) is -2.34. The predicted octanol–water partition coefficient (Wildman–Crippen LogP) is 3.68. The van der Waals surface area contributed by atoms with E-state index in [1.54, 1.807) is 26.3 Å². The fourth-order valence-electron chi connectivity index (χ4n) is 7.39. The van der Waals surface area contributed by atoms with Gasteiger partial charge in [0.1, 0.15) is 39.8 Å². The highest BCUT2D eigenvalue weighted by atomic mass is 32.2. The summed E-state index contributed by atoms with van der Waals surface area (Å²) in [6.07, 6.45) is 4.26. The lowest BCUT2D eigenvalue weighted by Gasteiger charge is -2.35. The Morgan fingerprint density at radius 3 is 2.37 bits per heavy atom. The number of likely N-dealkylation sites (tertiary alicyclic amines) is 1. The number of aromatic amines is 1. The molecule has 7 rings (SSSR count). The third-order valence-electron chi connectivity index (χ3n) is 10.9. The Kier molecular flexibility index (Phi) is 10.4. The minimum Gasteiger partial charge on any atom is -0.497 e. The molecular formula is C39H47N9O7S2. The van der Waals surface area contributed by atoms with Crippen LogP contribution in [-0.4, -0.2) is 98.4 Å². The van der Waals surface area contributed by atoms with Crippen LogP contribution in [0.3, 0.4) is 0 Å². The monoisotopic (exact) mass is 817 g/mol. The van der Waals surface area contributed by atoms with Crippen LogP contribution in [-0.2, 0) is 24.4 Å². The van der Waals surface area contributed by atoms with E-state index in [4.69, 9.17) is 14.9 Å². The molecule has 1 aliphatic heterocycles. The maximum Gasteiger partial charge on any atom is 0.259 e. The lowest BCUT2D eigenvalue weighted by atomic mass is 9.85. The van der Waals surface area contributed by atoms with Crippen molar-refractivity contribution in [3.8, 4) is 27.7 Å². The zero-order valence-electron chi connectivity index (χ0n) is 32.7. The van der Waals surface area contributed by atoms with Gasteiger partial charge in [0.05, 0.1) is 24.0 Å². The van der Waals surface area contributed by atoms with Crippen molar-refractivity contribution in [2.75, 3.05) is 13.7 Å². The number of aromatic nitrogens is 5. The highest BCUT2D eigenvalue weighted by Crippen LogP contribution is 2.46. The molecule has 3 aliphatic rings. The molecule has 16 nitrogen and oxygen atoms in total. The SMILES string of the molecule is C=C[C@@H]1C[C@@]1(NC(=O)[C@@H]1C[C@@H](n2nc(-c3ccc(OC)cc3)c(-c3nccs3)n2)CN1C(=O)[C@@H](NC(=O)c1cc(C)[nH]c1C)C(C)(C)C)C(=O)NS(=O)(=O)C1CC1. The van der Waals surface area contributed by atoms with Gasteiger partial charge < -0.3 is 25.3 Å². The summed E-state index contributed by atoms with van der Waals surface area (Å²) in [5.41, 5.74) is 1.24. The number of sulfonamides is 1. The van der Waals surface area contributed by atoms with E-state index in [2.05, 4.69) is 31.9 Å². The average molecular weight is 818 g/mol. The number of amides is 4. The van der Waals surface area contributed by atoms with Crippen molar-refractivity contribution in [1.29, 1.82) is 0 Å². The molecule has 3 fully saturated rings. The number of ether oxygens (including phenoxy) is 1. The van der Waals surface area contributed by atoms with Crippen molar-refractivity contribution in [2.24, 2.45) is 11.3 Å². The molecule has 4 N–H and O–H groups in total. The first-order valence-electron chi connectivity index (χ1n) is 18.7. The molecule has 3 aromatic heterocycles. The number of hydrogen-bond acceptors (Lipinski definition) is 11. The van der Waals surface area contributed by atoms with Gasteiger partial charge in [0.2, 0.25) is 21.8 Å². The maximum absolute atomic E-state index is 14.9. The van der Waals surface area contributed by atoms with E-state index in [1.165, 1.54) is 27.1 Å². The smallest absolute Gasteiger partial charge is 0.259 e. The zero-order chi connectivity index (χ0) is 41.0. The van der Waals surface area contributed by atoms with Gasteiger partial charge in [-0.25, -0.2) is 13.4 Å². The average Bonchev–Trinajstić information content (AvgIpc) is 3.84. The molecule has 2 aliphatic carbocycles. The number of hydrogen-bond donors (Lipinski definition) is 4. The van der Waals surface area contributed by atoms with Crippen molar-refractivity contribution in [2.45, 2.75) is 89.2 Å². The Labute approximate surface area is 334 Å². The second kappa shape index (κ2) is 14.9. The summed E-state index contributed by atoms with van der Waals surface area (Å²) in [5.74, 6) is -2.35. The lowest BCUT2D eigenvalue weighted by molar-refractivity contribution is -0.142. The number of methoxy groups -OCH3 is 1. The summed E-state index contributed by atoms with van der Waals surface area (Å²) < 4.78 is 33.1. The number of nitrogens with one attached hydrogen (secondary N) is 4. The summed E-state index contributed by atoms with van der Waals surface area (Å²) in [6, 6.07) is 6.17. The van der Waals surface area contributed by atoms with Crippen molar-refractivity contribution in [3.63, 3.8) is 0 Å². The molecule has 0 radical (unpaired) electrons. The van der Waals surface area contributed by atoms with Crippen molar-refractivity contribution < 1.29 is 32.3 Å². The van der Waals surface area contributed by atoms with Crippen LogP contribution in [0.5, 0.6) is 5.75 Å². The van der Waals surface area contributed by atoms with Crippen LogP contribution in [0.4, 0.5) is 0 Å². The molecule has 4 amide bonds. The second-order valence-electron chi connectivity index (χ2n) is 16.1. The zero-order valence-corrected chi connectivity index (χ0v) is 34.3. The largest absolute Gasteiger partial charge is 0.497 e. The summed E-state index contributed by atoms with van der Waals surface area (Å²) in [4.78, 5) is 67.2. The van der Waals surface area contributed by atoms with Crippen LogP contribution in [0.25, 0.3) is 22.0 Å². The quantitative estimate of drug-likeness (QED) is 0.144. The molecule has 1 aromatic carbocycles. The summed E-state index contributed by atoms with van der Waals surface area (Å²) in [6.45, 7) is 12.9. The molecule has 0 spiro atoms. The number of aryl methyl sites for hydroxylation is 2. The van der Waals surface area contributed by atoms with E-state index in [1.807, 2.05) is 57.3 Å². The molecule has 4 heterocycles. The van der Waals surface area contributed by atoms with Gasteiger partial charge in [-0.3, -0.25) is 23.9 Å². The van der Waals surface area contributed by atoms with Crippen LogP contribution in [0.2, 0.25) is 0 Å². The van der Waals surface area contributed by atoms with E-state index < -0.39 is 73.9 Å². The predicted molar refractivity (Wildman–Crippen MR) is 213 cm³/mol. The molecule has 18 heteroatoms. The van der Waals surface area contributed by atoms with Gasteiger partial charge in [0.25, 0.3) is 11.8 Å². The summed E-state index contributed by atoms with van der Waals surface area (Å²) in [5, 5.41) is 17.3.